The van der Waals surface area contributed by atoms with Crippen molar-refractivity contribution in [2.75, 3.05) is 69.8 Å². The summed E-state index contributed by atoms with van der Waals surface area (Å²) < 4.78 is 20.2. The lowest BCUT2D eigenvalue weighted by molar-refractivity contribution is -0.167. The SMILES string of the molecule is CNOC.COc1ccc(C(=O)NCC(=O)N(C)OC)cc1OC.COc1ccc(C(=O)NCC(=O)O)cc1OC.Cl. The first-order valence-electron chi connectivity index (χ1n) is 11.8. The van der Waals surface area contributed by atoms with Crippen molar-refractivity contribution in [1.29, 1.82) is 0 Å². The van der Waals surface area contributed by atoms with Crippen LogP contribution in [0.2, 0.25) is 0 Å². The lowest BCUT2D eigenvalue weighted by Crippen LogP contribution is -2.37. The van der Waals surface area contributed by atoms with Gasteiger partial charge in [-0.15, -0.1) is 12.4 Å². The van der Waals surface area contributed by atoms with Crippen molar-refractivity contribution in [1.82, 2.24) is 21.2 Å². The largest absolute Gasteiger partial charge is 0.493 e. The third-order valence-electron chi connectivity index (χ3n) is 4.92. The van der Waals surface area contributed by atoms with Gasteiger partial charge in [-0.1, -0.05) is 0 Å². The number of hydrogen-bond donors (Lipinski definition) is 4. The van der Waals surface area contributed by atoms with E-state index in [-0.39, 0.29) is 30.8 Å². The first-order chi connectivity index (χ1) is 19.5. The van der Waals surface area contributed by atoms with Gasteiger partial charge in [0.15, 0.2) is 23.0 Å². The lowest BCUT2D eigenvalue weighted by Gasteiger charge is -2.14. The third-order valence-corrected chi connectivity index (χ3v) is 4.92. The van der Waals surface area contributed by atoms with Crippen LogP contribution in [0.15, 0.2) is 36.4 Å². The number of methoxy groups -OCH3 is 4. The fraction of sp³-hybridized carbons (Fsp3) is 0.385. The van der Waals surface area contributed by atoms with Gasteiger partial charge in [0.05, 0.1) is 49.2 Å². The maximum atomic E-state index is 11.9. The van der Waals surface area contributed by atoms with Crippen molar-refractivity contribution in [3.63, 3.8) is 0 Å². The Morgan fingerprint density at radius 1 is 0.714 bits per heavy atom. The van der Waals surface area contributed by atoms with Crippen LogP contribution in [-0.2, 0) is 19.3 Å². The molecule has 0 unspecified atom stereocenters. The van der Waals surface area contributed by atoms with Crippen LogP contribution in [0.1, 0.15) is 20.7 Å². The number of aliphatic carboxylic acids is 1. The summed E-state index contributed by atoms with van der Waals surface area (Å²) in [5.74, 6) is -0.435. The summed E-state index contributed by atoms with van der Waals surface area (Å²) in [5, 5.41) is 14.2. The molecule has 2 aromatic rings. The number of rotatable bonds is 12. The first kappa shape index (κ1) is 39.8. The average Bonchev–Trinajstić information content (AvgIpc) is 3.01. The number of likely N-dealkylation sites (N-methyl/N-ethyl adjacent to an activating group) is 1. The van der Waals surface area contributed by atoms with E-state index in [1.165, 1.54) is 54.7 Å². The number of benzene rings is 2. The van der Waals surface area contributed by atoms with Crippen molar-refractivity contribution in [2.45, 2.75) is 0 Å². The van der Waals surface area contributed by atoms with Crippen LogP contribution < -0.4 is 35.1 Å². The van der Waals surface area contributed by atoms with E-state index in [0.29, 0.717) is 34.1 Å². The van der Waals surface area contributed by atoms with Gasteiger partial charge < -0.3 is 39.5 Å². The second-order valence-electron chi connectivity index (χ2n) is 7.38. The van der Waals surface area contributed by atoms with Crippen molar-refractivity contribution in [3.8, 4) is 23.0 Å². The molecule has 0 aliphatic carbocycles. The standard InChI is InChI=1S/C13H18N2O5.C11H13NO5.C2H7NO.ClH/c1-15(20-4)12(16)8-14-13(17)9-5-6-10(18-2)11(7-9)19-3;1-16-8-4-3-7(5-9(8)17-2)11(15)12-6-10(13)14;1-3-4-2;/h5-7H,8H2,1-4H3,(H,14,17);3-5H,6H2,1-2H3,(H,12,15)(H,13,14);3H,1-2H3;1H. The molecule has 4 N–H and O–H groups in total. The Labute approximate surface area is 250 Å². The second kappa shape index (κ2) is 22.4. The highest BCUT2D eigenvalue weighted by Crippen LogP contribution is 2.28. The second-order valence-corrected chi connectivity index (χ2v) is 7.38. The molecule has 2 aromatic carbocycles. The van der Waals surface area contributed by atoms with E-state index in [1.54, 1.807) is 38.4 Å². The quantitative estimate of drug-likeness (QED) is 0.249. The fourth-order valence-electron chi connectivity index (χ4n) is 2.68. The molecule has 0 radical (unpaired) electrons. The van der Waals surface area contributed by atoms with Crippen LogP contribution in [0.5, 0.6) is 23.0 Å². The van der Waals surface area contributed by atoms with E-state index in [1.807, 2.05) is 0 Å². The number of ether oxygens (including phenoxy) is 4. The minimum atomic E-state index is -1.10. The fourth-order valence-corrected chi connectivity index (χ4v) is 2.68. The summed E-state index contributed by atoms with van der Waals surface area (Å²) in [5.41, 5.74) is 3.11. The van der Waals surface area contributed by atoms with Crippen molar-refractivity contribution < 1.29 is 52.9 Å². The van der Waals surface area contributed by atoms with Crippen molar-refractivity contribution in [3.05, 3.63) is 47.5 Å². The van der Waals surface area contributed by atoms with Crippen LogP contribution >= 0.6 is 12.4 Å². The highest BCUT2D eigenvalue weighted by atomic mass is 35.5. The predicted molar refractivity (Wildman–Crippen MR) is 154 cm³/mol. The normalized spacial score (nSPS) is 9.24. The molecule has 0 saturated carbocycles. The van der Waals surface area contributed by atoms with Gasteiger partial charge in [-0.05, 0) is 36.4 Å². The molecular weight excluding hydrogens is 580 g/mol. The maximum Gasteiger partial charge on any atom is 0.322 e. The van der Waals surface area contributed by atoms with Crippen LogP contribution in [0.3, 0.4) is 0 Å². The molecule has 0 saturated heterocycles. The number of nitrogens with zero attached hydrogens (tertiary/aromatic N) is 1. The summed E-state index contributed by atoms with van der Waals surface area (Å²) in [6, 6.07) is 9.33. The molecule has 0 atom stereocenters. The summed E-state index contributed by atoms with van der Waals surface area (Å²) in [6.07, 6.45) is 0. The van der Waals surface area contributed by atoms with Gasteiger partial charge in [-0.3, -0.25) is 24.0 Å². The molecule has 236 valence electrons. The van der Waals surface area contributed by atoms with Gasteiger partial charge in [0, 0.05) is 25.2 Å². The number of halogens is 1. The maximum absolute atomic E-state index is 11.9. The zero-order valence-corrected chi connectivity index (χ0v) is 25.6. The Kier molecular flexibility index (Phi) is 21.2. The summed E-state index contributed by atoms with van der Waals surface area (Å²) >= 11 is 0. The molecule has 0 aliphatic heterocycles. The van der Waals surface area contributed by atoms with E-state index in [9.17, 15) is 19.2 Å². The molecule has 42 heavy (non-hydrogen) atoms. The average molecular weight is 619 g/mol. The van der Waals surface area contributed by atoms with Crippen LogP contribution in [0.4, 0.5) is 0 Å². The molecule has 0 spiro atoms. The number of amides is 3. The Morgan fingerprint density at radius 3 is 1.40 bits per heavy atom. The summed E-state index contributed by atoms with van der Waals surface area (Å²) in [6.45, 7) is -0.579. The van der Waals surface area contributed by atoms with E-state index in [2.05, 4.69) is 21.0 Å². The molecular formula is C26H39ClN4O11. The Balaban J connectivity index is 0. The Morgan fingerprint density at radius 2 is 1.10 bits per heavy atom. The lowest BCUT2D eigenvalue weighted by atomic mass is 10.2. The van der Waals surface area contributed by atoms with Gasteiger partial charge in [0.1, 0.15) is 6.54 Å². The van der Waals surface area contributed by atoms with Crippen LogP contribution in [0.25, 0.3) is 0 Å². The van der Waals surface area contributed by atoms with E-state index < -0.39 is 18.4 Å². The van der Waals surface area contributed by atoms with Gasteiger partial charge in [0.25, 0.3) is 17.7 Å². The highest BCUT2D eigenvalue weighted by Gasteiger charge is 2.14. The van der Waals surface area contributed by atoms with E-state index in [0.717, 1.165) is 5.06 Å². The minimum Gasteiger partial charge on any atom is -0.493 e. The number of carbonyl (C=O) groups is 4. The van der Waals surface area contributed by atoms with Gasteiger partial charge in [-0.25, -0.2) is 10.5 Å². The molecule has 3 amide bonds. The summed E-state index contributed by atoms with van der Waals surface area (Å²) in [4.78, 5) is 54.2. The zero-order chi connectivity index (χ0) is 31.4. The molecule has 2 rings (SSSR count). The highest BCUT2D eigenvalue weighted by molar-refractivity contribution is 5.97. The number of carboxylic acids is 1. The molecule has 0 aromatic heterocycles. The number of hydrogen-bond acceptors (Lipinski definition) is 11. The van der Waals surface area contributed by atoms with Gasteiger partial charge in [0.2, 0.25) is 0 Å². The molecule has 15 nitrogen and oxygen atoms in total. The first-order valence-corrected chi connectivity index (χ1v) is 11.8. The molecule has 0 heterocycles. The smallest absolute Gasteiger partial charge is 0.322 e. The molecule has 0 bridgehead atoms. The van der Waals surface area contributed by atoms with Gasteiger partial charge in [-0.2, -0.15) is 0 Å². The Bertz CT molecular complexity index is 1130. The number of nitrogens with one attached hydrogen (secondary N) is 3. The molecule has 16 heteroatoms. The minimum absolute atomic E-state index is 0. The number of carboxylic acid groups (broad SMARTS) is 1. The molecule has 0 fully saturated rings. The predicted octanol–water partition coefficient (Wildman–Crippen LogP) is 1.16. The van der Waals surface area contributed by atoms with E-state index in [4.69, 9.17) is 28.9 Å². The third kappa shape index (κ3) is 14.4. The number of hydroxylamine groups is 3. The van der Waals surface area contributed by atoms with Crippen molar-refractivity contribution >= 4 is 36.1 Å². The summed E-state index contributed by atoms with van der Waals surface area (Å²) in [7, 11) is 12.0. The zero-order valence-electron chi connectivity index (χ0n) is 24.8. The van der Waals surface area contributed by atoms with Crippen LogP contribution in [-0.4, -0.2) is 104 Å². The van der Waals surface area contributed by atoms with Crippen LogP contribution in [0, 0.1) is 0 Å². The van der Waals surface area contributed by atoms with E-state index >= 15 is 0 Å². The number of carbonyl (C=O) groups excluding carboxylic acids is 3. The van der Waals surface area contributed by atoms with Crippen molar-refractivity contribution in [2.24, 2.45) is 0 Å². The molecule has 0 aliphatic rings. The topological polar surface area (TPSA) is 183 Å². The monoisotopic (exact) mass is 618 g/mol. The Hall–Kier alpha value is -4.31. The van der Waals surface area contributed by atoms with Gasteiger partial charge >= 0.3 is 5.97 Å².